The highest BCUT2D eigenvalue weighted by atomic mass is 15.1. The summed E-state index contributed by atoms with van der Waals surface area (Å²) in [4.78, 5) is 1.37. The second kappa shape index (κ2) is 17.3. The van der Waals surface area contributed by atoms with Crippen molar-refractivity contribution >= 4 is 49.4 Å². The Bertz CT molecular complexity index is 4140. The SMILES string of the molecule is [2H]c1c([2H])c(N(c2ccc(-c3cccc(-c4cccc5ccccc45)c3)cc2)c2c([2H])c([2H])c(-c3ccc4ccccc4c3-c3ccccc3)c([2H])c2[2H])c([2H])c([2H])c1-c1ccc(-c2cccc3ccccc23)cc1. The minimum absolute atomic E-state index is 0.0965. The highest BCUT2D eigenvalue weighted by molar-refractivity contribution is 6.04. The molecule has 1 heteroatoms. The molecule has 0 atom stereocenters. The molecule has 0 N–H and O–H groups in total. The van der Waals surface area contributed by atoms with Gasteiger partial charge in [-0.25, -0.2) is 0 Å². The van der Waals surface area contributed by atoms with Crippen molar-refractivity contribution in [3.05, 3.63) is 273 Å². The van der Waals surface area contributed by atoms with E-state index in [1.54, 1.807) is 12.1 Å². The van der Waals surface area contributed by atoms with Gasteiger partial charge in [0.2, 0.25) is 0 Å². The molecule has 0 fully saturated rings. The third-order valence-electron chi connectivity index (χ3n) is 12.6. The molecule has 12 aromatic rings. The van der Waals surface area contributed by atoms with E-state index in [0.29, 0.717) is 16.8 Å². The van der Waals surface area contributed by atoms with E-state index in [1.165, 1.54) is 4.90 Å². The van der Waals surface area contributed by atoms with Crippen LogP contribution in [0.15, 0.2) is 273 Å². The summed E-state index contributed by atoms with van der Waals surface area (Å²) in [5.41, 5.74) is 8.57. The van der Waals surface area contributed by atoms with E-state index in [1.807, 2.05) is 146 Å². The molecule has 0 saturated heterocycles. The molecule has 0 saturated carbocycles. The molecule has 0 amide bonds. The summed E-state index contributed by atoms with van der Waals surface area (Å²) in [5, 5.41) is 6.29. The molecule has 0 aliphatic rings. The van der Waals surface area contributed by atoms with Crippen molar-refractivity contribution in [2.45, 2.75) is 0 Å². The Morgan fingerprint density at radius 2 is 0.687 bits per heavy atom. The maximum Gasteiger partial charge on any atom is 0.0645 e. The molecule has 0 heterocycles. The van der Waals surface area contributed by atoms with Gasteiger partial charge in [-0.05, 0) is 141 Å². The summed E-state index contributed by atoms with van der Waals surface area (Å²) in [6.45, 7) is 0. The minimum Gasteiger partial charge on any atom is -0.311 e. The zero-order valence-corrected chi connectivity index (χ0v) is 36.3. The van der Waals surface area contributed by atoms with Gasteiger partial charge in [-0.3, -0.25) is 0 Å². The number of hydrogen-bond acceptors (Lipinski definition) is 1. The fourth-order valence-electron chi connectivity index (χ4n) is 9.32. The molecule has 0 aliphatic heterocycles. The van der Waals surface area contributed by atoms with Crippen molar-refractivity contribution in [2.75, 3.05) is 4.90 Å². The van der Waals surface area contributed by atoms with E-state index in [2.05, 4.69) is 66.7 Å². The van der Waals surface area contributed by atoms with E-state index < -0.39 is 24.2 Å². The summed E-state index contributed by atoms with van der Waals surface area (Å²) in [7, 11) is 0. The number of rotatable bonds is 9. The van der Waals surface area contributed by atoms with Crippen LogP contribution >= 0.6 is 0 Å². The van der Waals surface area contributed by atoms with Gasteiger partial charge in [0.05, 0.1) is 11.0 Å². The van der Waals surface area contributed by atoms with Gasteiger partial charge in [0.25, 0.3) is 0 Å². The molecule has 0 spiro atoms. The third-order valence-corrected chi connectivity index (χ3v) is 12.6. The van der Waals surface area contributed by atoms with E-state index in [9.17, 15) is 11.0 Å². The van der Waals surface area contributed by atoms with E-state index >= 15 is 0 Å². The van der Waals surface area contributed by atoms with Gasteiger partial charge < -0.3 is 4.90 Å². The lowest BCUT2D eigenvalue weighted by Gasteiger charge is -2.26. The smallest absolute Gasteiger partial charge is 0.0645 e. The Hall–Kier alpha value is -8.78. The summed E-state index contributed by atoms with van der Waals surface area (Å²) in [6.07, 6.45) is 0. The number of hydrogen-bond donors (Lipinski definition) is 0. The van der Waals surface area contributed by atoms with Crippen LogP contribution in [0.2, 0.25) is 0 Å². The van der Waals surface area contributed by atoms with E-state index in [0.717, 1.165) is 76.8 Å². The Labute approximate surface area is 403 Å². The lowest BCUT2D eigenvalue weighted by molar-refractivity contribution is 1.28. The highest BCUT2D eigenvalue weighted by Gasteiger charge is 2.17. The van der Waals surface area contributed by atoms with Crippen LogP contribution in [0.25, 0.3) is 99.1 Å². The number of anilines is 3. The normalized spacial score (nSPS) is 13.0. The maximum absolute atomic E-state index is 9.85. The molecule has 1 nitrogen and oxygen atoms in total. The van der Waals surface area contributed by atoms with Crippen LogP contribution in [-0.4, -0.2) is 0 Å². The summed E-state index contributed by atoms with van der Waals surface area (Å²) in [5.74, 6) is 0. The average molecular weight is 860 g/mol. The van der Waals surface area contributed by atoms with Gasteiger partial charge in [0.1, 0.15) is 0 Å². The lowest BCUT2D eigenvalue weighted by Crippen LogP contribution is -2.09. The number of fused-ring (bicyclic) bond motifs is 3. The van der Waals surface area contributed by atoms with Crippen LogP contribution in [0.4, 0.5) is 17.1 Å². The van der Waals surface area contributed by atoms with Crippen LogP contribution in [-0.2, 0) is 0 Å². The second-order valence-electron chi connectivity index (χ2n) is 16.6. The summed E-state index contributed by atoms with van der Waals surface area (Å²) in [6, 6.07) is 70.3. The van der Waals surface area contributed by atoms with Crippen LogP contribution in [0.5, 0.6) is 0 Å². The molecular weight excluding hydrogens is 807 g/mol. The average Bonchev–Trinajstić information content (AvgIpc) is 3.46. The summed E-state index contributed by atoms with van der Waals surface area (Å²) < 4.78 is 77.8. The number of nitrogens with zero attached hydrogens (tertiary/aromatic N) is 1. The standard InChI is InChI=1S/C66H45N/c1-2-16-54(17-3-1)66-64-24-9-6-15-51(64)37-44-65(66)53-35-42-59(43-36-53)67(57-38-31-47(32-39-57)46-27-29-52(30-28-46)62-25-11-18-49-13-4-7-22-60(49)62)58-40-33-48(34-41-58)55-20-10-21-56(45-55)63-26-12-19-50-14-5-8-23-61(50)63/h1-45H/i31D,32D,35D,36D,38D,39D,42D,43D. The van der Waals surface area contributed by atoms with Crippen LogP contribution in [0, 0.1) is 0 Å². The lowest BCUT2D eigenvalue weighted by atomic mass is 9.90. The van der Waals surface area contributed by atoms with Crippen molar-refractivity contribution in [1.29, 1.82) is 0 Å². The molecule has 0 aromatic heterocycles. The Balaban J connectivity index is 1.02. The molecule has 0 unspecified atom stereocenters. The molecule has 0 aliphatic carbocycles. The monoisotopic (exact) mass is 859 g/mol. The van der Waals surface area contributed by atoms with Crippen molar-refractivity contribution in [2.24, 2.45) is 0 Å². The third kappa shape index (κ3) is 7.63. The van der Waals surface area contributed by atoms with Gasteiger partial charge in [0, 0.05) is 17.1 Å². The fourth-order valence-corrected chi connectivity index (χ4v) is 9.32. The van der Waals surface area contributed by atoms with Gasteiger partial charge in [-0.1, -0.05) is 230 Å². The zero-order chi connectivity index (χ0) is 51.5. The molecule has 0 bridgehead atoms. The van der Waals surface area contributed by atoms with Crippen LogP contribution in [0.3, 0.4) is 0 Å². The molecule has 0 radical (unpaired) electrons. The van der Waals surface area contributed by atoms with Crippen LogP contribution < -0.4 is 4.90 Å². The second-order valence-corrected chi connectivity index (χ2v) is 16.6. The first-order valence-electron chi connectivity index (χ1n) is 26.4. The van der Waals surface area contributed by atoms with Crippen molar-refractivity contribution < 1.29 is 11.0 Å². The summed E-state index contributed by atoms with van der Waals surface area (Å²) >= 11 is 0. The zero-order valence-electron chi connectivity index (χ0n) is 44.3. The van der Waals surface area contributed by atoms with Crippen molar-refractivity contribution in [3.8, 4) is 66.8 Å². The predicted octanol–water partition coefficient (Wildman–Crippen LogP) is 18.6. The first-order valence-corrected chi connectivity index (χ1v) is 22.4. The first kappa shape index (κ1) is 32.0. The molecule has 314 valence electrons. The van der Waals surface area contributed by atoms with Gasteiger partial charge in [0.15, 0.2) is 0 Å². The van der Waals surface area contributed by atoms with Crippen molar-refractivity contribution in [3.63, 3.8) is 0 Å². The van der Waals surface area contributed by atoms with Gasteiger partial charge >= 0.3 is 0 Å². The molecule has 12 aromatic carbocycles. The van der Waals surface area contributed by atoms with E-state index in [4.69, 9.17) is 0 Å². The van der Waals surface area contributed by atoms with Crippen LogP contribution in [0.1, 0.15) is 11.0 Å². The number of benzene rings is 12. The predicted molar refractivity (Wildman–Crippen MR) is 286 cm³/mol. The Morgan fingerprint density at radius 3 is 1.33 bits per heavy atom. The molecule has 67 heavy (non-hydrogen) atoms. The molecule has 12 rings (SSSR count). The maximum atomic E-state index is 9.85. The fraction of sp³-hybridized carbons (Fsp3) is 0. The Morgan fingerprint density at radius 1 is 0.239 bits per heavy atom. The molecular formula is C66H45N. The topological polar surface area (TPSA) is 3.24 Å². The Kier molecular flexibility index (Phi) is 8.26. The first-order chi connectivity index (χ1) is 36.6. The quantitative estimate of drug-likeness (QED) is 0.140. The van der Waals surface area contributed by atoms with Gasteiger partial charge in [-0.15, -0.1) is 0 Å². The van der Waals surface area contributed by atoms with Gasteiger partial charge in [-0.2, -0.15) is 0 Å². The minimum atomic E-state index is -0.407. The van der Waals surface area contributed by atoms with E-state index in [-0.39, 0.29) is 46.7 Å². The largest absolute Gasteiger partial charge is 0.311 e. The van der Waals surface area contributed by atoms with Crippen molar-refractivity contribution in [1.82, 2.24) is 0 Å². The highest BCUT2D eigenvalue weighted by Crippen LogP contribution is 2.42.